The molecule has 1 aliphatic carbocycles. The quantitative estimate of drug-likeness (QED) is 0.224. The van der Waals surface area contributed by atoms with Crippen molar-refractivity contribution in [2.75, 3.05) is 0 Å². The van der Waals surface area contributed by atoms with Gasteiger partial charge in [0.25, 0.3) is 5.91 Å². The molecular weight excluding hydrogens is 460 g/mol. The molecule has 4 aromatic rings. The summed E-state index contributed by atoms with van der Waals surface area (Å²) < 4.78 is 61.0. The van der Waals surface area contributed by atoms with E-state index in [0.717, 1.165) is 43.2 Å². The number of nitrogens with zero attached hydrogens (tertiary/aromatic N) is 3. The Morgan fingerprint density at radius 3 is 2.29 bits per heavy atom. The zero-order valence-corrected chi connectivity index (χ0v) is 19.1. The monoisotopic (exact) mass is 484 g/mol. The van der Waals surface area contributed by atoms with Crippen LogP contribution in [0.4, 0.5) is 17.6 Å². The third-order valence-electron chi connectivity index (χ3n) is 6.61. The van der Waals surface area contributed by atoms with Crippen LogP contribution in [0.25, 0.3) is 22.0 Å². The first-order chi connectivity index (χ1) is 16.8. The number of hydrogen-bond acceptors (Lipinski definition) is 2. The highest BCUT2D eigenvalue weighted by Crippen LogP contribution is 2.32. The summed E-state index contributed by atoms with van der Waals surface area (Å²) in [4.78, 5) is 13.0. The first kappa shape index (κ1) is 23.1. The number of carbonyl (C=O) groups excluding carboxylic acids is 1. The van der Waals surface area contributed by atoms with Crippen molar-refractivity contribution in [3.05, 3.63) is 77.3 Å². The van der Waals surface area contributed by atoms with Crippen molar-refractivity contribution in [1.29, 1.82) is 0 Å². The van der Waals surface area contributed by atoms with Gasteiger partial charge in [-0.2, -0.15) is 5.10 Å². The van der Waals surface area contributed by atoms with Gasteiger partial charge in [0, 0.05) is 37.6 Å². The summed E-state index contributed by atoms with van der Waals surface area (Å²) in [5, 5.41) is 6.44. The number of halogens is 4. The molecule has 0 unspecified atom stereocenters. The van der Waals surface area contributed by atoms with Crippen molar-refractivity contribution in [3.8, 4) is 11.1 Å². The van der Waals surface area contributed by atoms with Crippen LogP contribution in [0, 0.1) is 23.3 Å². The first-order valence-electron chi connectivity index (χ1n) is 11.6. The summed E-state index contributed by atoms with van der Waals surface area (Å²) >= 11 is 0. The predicted octanol–water partition coefficient (Wildman–Crippen LogP) is 5.71. The zero-order valence-electron chi connectivity index (χ0n) is 19.1. The number of hydrogen-bond donors (Lipinski definition) is 1. The van der Waals surface area contributed by atoms with E-state index in [0.29, 0.717) is 5.56 Å². The molecule has 0 radical (unpaired) electrons. The van der Waals surface area contributed by atoms with Crippen molar-refractivity contribution in [2.24, 2.45) is 7.05 Å². The van der Waals surface area contributed by atoms with Crippen LogP contribution in [-0.2, 0) is 13.6 Å². The highest BCUT2D eigenvalue weighted by Gasteiger charge is 2.29. The molecule has 1 saturated carbocycles. The second-order valence-corrected chi connectivity index (χ2v) is 9.06. The SMILES string of the molecule is Cn1cc(-c2ccc(Cn3cc(C(=O)NC4CCCCC4)c4c(F)c(F)c(F)c(F)c43)cc2)cn1. The summed E-state index contributed by atoms with van der Waals surface area (Å²) in [7, 11) is 1.81. The molecule has 5 nitrogen and oxygen atoms in total. The molecule has 1 fully saturated rings. The van der Waals surface area contributed by atoms with Crippen molar-refractivity contribution in [1.82, 2.24) is 19.7 Å². The number of aryl methyl sites for hydroxylation is 1. The number of carbonyl (C=O) groups is 1. The number of benzene rings is 2. The lowest BCUT2D eigenvalue weighted by molar-refractivity contribution is 0.0929. The van der Waals surface area contributed by atoms with E-state index in [-0.39, 0.29) is 18.2 Å². The molecular formula is C26H24F4N4O. The second-order valence-electron chi connectivity index (χ2n) is 9.06. The van der Waals surface area contributed by atoms with E-state index in [9.17, 15) is 22.4 Å². The zero-order chi connectivity index (χ0) is 24.7. The van der Waals surface area contributed by atoms with Gasteiger partial charge in [-0.1, -0.05) is 43.5 Å². The Kier molecular flexibility index (Phi) is 6.08. The molecule has 2 heterocycles. The second kappa shape index (κ2) is 9.20. The minimum absolute atomic E-state index is 0.0297. The highest BCUT2D eigenvalue weighted by atomic mass is 19.2. The lowest BCUT2D eigenvalue weighted by Gasteiger charge is -2.22. The van der Waals surface area contributed by atoms with E-state index >= 15 is 0 Å². The Labute approximate surface area is 199 Å². The van der Waals surface area contributed by atoms with E-state index < -0.39 is 40.1 Å². The third kappa shape index (κ3) is 4.31. The van der Waals surface area contributed by atoms with Gasteiger partial charge in [0.2, 0.25) is 0 Å². The van der Waals surface area contributed by atoms with Gasteiger partial charge in [0.15, 0.2) is 23.3 Å². The topological polar surface area (TPSA) is 51.9 Å². The van der Waals surface area contributed by atoms with E-state index in [4.69, 9.17) is 0 Å². The Morgan fingerprint density at radius 2 is 1.63 bits per heavy atom. The molecule has 0 bridgehead atoms. The molecule has 0 spiro atoms. The maximum absolute atomic E-state index is 14.9. The summed E-state index contributed by atoms with van der Waals surface area (Å²) in [6.07, 6.45) is 9.43. The molecule has 5 rings (SSSR count). The maximum atomic E-state index is 14.9. The van der Waals surface area contributed by atoms with Crippen molar-refractivity contribution in [2.45, 2.75) is 44.7 Å². The number of aromatic nitrogens is 3. The lowest BCUT2D eigenvalue weighted by atomic mass is 9.95. The van der Waals surface area contributed by atoms with Crippen LogP contribution >= 0.6 is 0 Å². The normalized spacial score (nSPS) is 14.5. The van der Waals surface area contributed by atoms with Crippen molar-refractivity contribution < 1.29 is 22.4 Å². The van der Waals surface area contributed by atoms with Gasteiger partial charge < -0.3 is 9.88 Å². The molecule has 0 aliphatic heterocycles. The van der Waals surface area contributed by atoms with Gasteiger partial charge in [-0.3, -0.25) is 9.48 Å². The largest absolute Gasteiger partial charge is 0.349 e. The van der Waals surface area contributed by atoms with Crippen LogP contribution in [0.5, 0.6) is 0 Å². The number of nitrogens with one attached hydrogen (secondary N) is 1. The summed E-state index contributed by atoms with van der Waals surface area (Å²) in [6, 6.07) is 7.21. The van der Waals surface area contributed by atoms with Gasteiger partial charge in [0.05, 0.1) is 22.7 Å². The predicted molar refractivity (Wildman–Crippen MR) is 124 cm³/mol. The van der Waals surface area contributed by atoms with Gasteiger partial charge in [-0.15, -0.1) is 0 Å². The van der Waals surface area contributed by atoms with Crippen LogP contribution in [0.2, 0.25) is 0 Å². The van der Waals surface area contributed by atoms with Crippen LogP contribution in [0.15, 0.2) is 42.9 Å². The number of amides is 1. The van der Waals surface area contributed by atoms with Crippen LogP contribution in [0.3, 0.4) is 0 Å². The molecule has 2 aromatic carbocycles. The van der Waals surface area contributed by atoms with E-state index in [2.05, 4.69) is 10.4 Å². The molecule has 1 N–H and O–H groups in total. The third-order valence-corrected chi connectivity index (χ3v) is 6.61. The fourth-order valence-corrected chi connectivity index (χ4v) is 4.80. The summed E-state index contributed by atoms with van der Waals surface area (Å²) in [5.41, 5.74) is 1.84. The molecule has 2 aromatic heterocycles. The smallest absolute Gasteiger partial charge is 0.253 e. The van der Waals surface area contributed by atoms with Gasteiger partial charge in [-0.25, -0.2) is 17.6 Å². The average Bonchev–Trinajstić information content (AvgIpc) is 3.46. The summed E-state index contributed by atoms with van der Waals surface area (Å²) in [5.74, 6) is -7.56. The first-order valence-corrected chi connectivity index (χ1v) is 11.6. The Morgan fingerprint density at radius 1 is 0.943 bits per heavy atom. The molecule has 0 atom stereocenters. The number of rotatable bonds is 5. The Hall–Kier alpha value is -3.62. The maximum Gasteiger partial charge on any atom is 0.253 e. The highest BCUT2D eigenvalue weighted by molar-refractivity contribution is 6.07. The van der Waals surface area contributed by atoms with Crippen LogP contribution in [0.1, 0.15) is 48.0 Å². The minimum atomic E-state index is -1.93. The van der Waals surface area contributed by atoms with Gasteiger partial charge in [0.1, 0.15) is 0 Å². The van der Waals surface area contributed by atoms with Crippen molar-refractivity contribution >= 4 is 16.8 Å². The van der Waals surface area contributed by atoms with Gasteiger partial charge >= 0.3 is 0 Å². The molecule has 182 valence electrons. The molecule has 9 heteroatoms. The standard InChI is InChI=1S/C26H24F4N4O/c1-33-13-17(11-31-33)16-9-7-15(8-10-16)12-34-14-19(26(35)32-18-5-3-2-4-6-18)20-21(27)22(28)23(29)24(30)25(20)34/h7-11,13-14,18H,2-6,12H2,1H3,(H,32,35). The van der Waals surface area contributed by atoms with E-state index in [1.165, 1.54) is 10.8 Å². The molecule has 1 amide bonds. The Bertz CT molecular complexity index is 1400. The minimum Gasteiger partial charge on any atom is -0.349 e. The average molecular weight is 484 g/mol. The number of fused-ring (bicyclic) bond motifs is 1. The van der Waals surface area contributed by atoms with Crippen LogP contribution < -0.4 is 5.32 Å². The van der Waals surface area contributed by atoms with E-state index in [1.54, 1.807) is 23.0 Å². The molecule has 1 aliphatic rings. The molecule has 0 saturated heterocycles. The fourth-order valence-electron chi connectivity index (χ4n) is 4.80. The fraction of sp³-hybridized carbons (Fsp3) is 0.308. The summed E-state index contributed by atoms with van der Waals surface area (Å²) in [6.45, 7) is 0.0297. The Balaban J connectivity index is 1.53. The van der Waals surface area contributed by atoms with E-state index in [1.807, 2.05) is 25.4 Å². The molecule has 35 heavy (non-hydrogen) atoms. The van der Waals surface area contributed by atoms with Crippen molar-refractivity contribution in [3.63, 3.8) is 0 Å². The lowest BCUT2D eigenvalue weighted by Crippen LogP contribution is -2.36. The van der Waals surface area contributed by atoms with Crippen LogP contribution in [-0.4, -0.2) is 26.3 Å². The van der Waals surface area contributed by atoms with Gasteiger partial charge in [-0.05, 0) is 24.0 Å².